The summed E-state index contributed by atoms with van der Waals surface area (Å²) in [6.07, 6.45) is 11.1. The van der Waals surface area contributed by atoms with Gasteiger partial charge in [-0.1, -0.05) is 12.2 Å². The summed E-state index contributed by atoms with van der Waals surface area (Å²) in [5, 5.41) is 9.69. The number of hydrogen-bond donors (Lipinski definition) is 1. The molecule has 18 heavy (non-hydrogen) atoms. The van der Waals surface area contributed by atoms with E-state index in [1.807, 2.05) is 31.2 Å². The average molecular weight is 252 g/mol. The van der Waals surface area contributed by atoms with Crippen molar-refractivity contribution in [1.29, 1.82) is 0 Å². The lowest BCUT2D eigenvalue weighted by molar-refractivity contribution is -0.0997. The highest BCUT2D eigenvalue weighted by Gasteiger charge is 2.40. The number of aliphatic hydroxyl groups is 1. The molecule has 102 valence electrons. The third kappa shape index (κ3) is 4.67. The minimum Gasteiger partial charge on any atom is -0.497 e. The van der Waals surface area contributed by atoms with Crippen LogP contribution in [0.3, 0.4) is 0 Å². The molecule has 0 radical (unpaired) electrons. The van der Waals surface area contributed by atoms with E-state index in [-0.39, 0.29) is 11.7 Å². The molecule has 2 atom stereocenters. The van der Waals surface area contributed by atoms with Gasteiger partial charge in [-0.3, -0.25) is 0 Å². The van der Waals surface area contributed by atoms with E-state index in [1.54, 1.807) is 20.1 Å². The highest BCUT2D eigenvalue weighted by molar-refractivity contribution is 5.03. The van der Waals surface area contributed by atoms with E-state index in [2.05, 4.69) is 6.58 Å². The Morgan fingerprint density at radius 1 is 1.44 bits per heavy atom. The van der Waals surface area contributed by atoms with Crippen molar-refractivity contribution in [3.05, 3.63) is 37.1 Å². The summed E-state index contributed by atoms with van der Waals surface area (Å²) in [5.74, 6) is 0. The highest BCUT2D eigenvalue weighted by Crippen LogP contribution is 2.35. The van der Waals surface area contributed by atoms with E-state index in [0.29, 0.717) is 0 Å². The first-order chi connectivity index (χ1) is 8.37. The van der Waals surface area contributed by atoms with Crippen LogP contribution in [0.25, 0.3) is 0 Å². The molecule has 1 fully saturated rings. The van der Waals surface area contributed by atoms with E-state index in [1.165, 1.54) is 0 Å². The molecule has 0 aliphatic carbocycles. The predicted molar refractivity (Wildman–Crippen MR) is 73.2 cm³/mol. The number of rotatable bonds is 2. The molecule has 0 saturated carbocycles. The third-order valence-electron chi connectivity index (χ3n) is 3.15. The fourth-order valence-corrected chi connectivity index (χ4v) is 1.85. The van der Waals surface area contributed by atoms with Crippen molar-refractivity contribution in [2.75, 3.05) is 6.61 Å². The molecule has 1 saturated heterocycles. The van der Waals surface area contributed by atoms with E-state index in [9.17, 15) is 5.11 Å². The zero-order valence-corrected chi connectivity index (χ0v) is 11.6. The van der Waals surface area contributed by atoms with Gasteiger partial charge in [0.25, 0.3) is 0 Å². The first kappa shape index (κ1) is 15.0. The van der Waals surface area contributed by atoms with Crippen LogP contribution in [0.2, 0.25) is 0 Å². The van der Waals surface area contributed by atoms with Gasteiger partial charge in [0.1, 0.15) is 6.61 Å². The molecule has 3 heteroatoms. The zero-order valence-electron chi connectivity index (χ0n) is 11.6. The molecule has 1 N–H and O–H groups in total. The summed E-state index contributed by atoms with van der Waals surface area (Å²) in [5.41, 5.74) is -0.967. The van der Waals surface area contributed by atoms with Crippen molar-refractivity contribution < 1.29 is 14.6 Å². The van der Waals surface area contributed by atoms with Crippen LogP contribution >= 0.6 is 0 Å². The molecule has 0 aromatic carbocycles. The monoisotopic (exact) mass is 252 g/mol. The maximum absolute atomic E-state index is 9.69. The van der Waals surface area contributed by atoms with Crippen molar-refractivity contribution in [3.8, 4) is 0 Å². The van der Waals surface area contributed by atoms with Gasteiger partial charge in [0.2, 0.25) is 0 Å². The maximum atomic E-state index is 9.69. The maximum Gasteiger partial charge on any atom is 0.106 e. The van der Waals surface area contributed by atoms with Crippen LogP contribution in [-0.4, -0.2) is 29.0 Å². The molecule has 0 unspecified atom stereocenters. The lowest BCUT2D eigenvalue weighted by atomic mass is 9.97. The molecule has 0 aromatic rings. The summed E-state index contributed by atoms with van der Waals surface area (Å²) in [6, 6.07) is 0. The summed E-state index contributed by atoms with van der Waals surface area (Å²) in [4.78, 5) is 0. The first-order valence-electron chi connectivity index (χ1n) is 6.34. The fourth-order valence-electron chi connectivity index (χ4n) is 1.85. The van der Waals surface area contributed by atoms with Crippen LogP contribution < -0.4 is 0 Å². The highest BCUT2D eigenvalue weighted by atomic mass is 16.5. The van der Waals surface area contributed by atoms with Crippen molar-refractivity contribution >= 4 is 0 Å². The number of allylic oxidation sites excluding steroid dienone is 2. The average Bonchev–Trinajstić information content (AvgIpc) is 2.76. The van der Waals surface area contributed by atoms with Gasteiger partial charge < -0.3 is 14.6 Å². The molecule has 0 bridgehead atoms. The van der Waals surface area contributed by atoms with Gasteiger partial charge in [0.15, 0.2) is 0 Å². The molecule has 0 spiro atoms. The van der Waals surface area contributed by atoms with Crippen LogP contribution in [0.4, 0.5) is 0 Å². The lowest BCUT2D eigenvalue weighted by Crippen LogP contribution is -2.37. The fraction of sp³-hybridized carbons (Fsp3) is 0.600. The molecule has 2 heterocycles. The summed E-state index contributed by atoms with van der Waals surface area (Å²) in [6.45, 7) is 10.0. The SMILES string of the molecule is C1=CCOC=C1.C=C[C@]1(C)CC[C@H](C(C)(C)O)O1. The number of hydrogen-bond acceptors (Lipinski definition) is 3. The molecule has 2 aliphatic heterocycles. The quantitative estimate of drug-likeness (QED) is 0.768. The Morgan fingerprint density at radius 3 is 2.39 bits per heavy atom. The summed E-state index contributed by atoms with van der Waals surface area (Å²) >= 11 is 0. The van der Waals surface area contributed by atoms with Gasteiger partial charge in [0, 0.05) is 0 Å². The first-order valence-corrected chi connectivity index (χ1v) is 6.34. The van der Waals surface area contributed by atoms with Crippen LogP contribution in [0.1, 0.15) is 33.6 Å². The van der Waals surface area contributed by atoms with E-state index in [4.69, 9.17) is 9.47 Å². The third-order valence-corrected chi connectivity index (χ3v) is 3.15. The Balaban J connectivity index is 0.000000225. The molecule has 3 nitrogen and oxygen atoms in total. The van der Waals surface area contributed by atoms with Crippen molar-refractivity contribution in [1.82, 2.24) is 0 Å². The van der Waals surface area contributed by atoms with Crippen molar-refractivity contribution in [2.24, 2.45) is 0 Å². The van der Waals surface area contributed by atoms with Crippen LogP contribution in [-0.2, 0) is 9.47 Å². The van der Waals surface area contributed by atoms with Crippen LogP contribution in [0.15, 0.2) is 37.1 Å². The largest absolute Gasteiger partial charge is 0.497 e. The zero-order chi connectivity index (χ0) is 13.6. The lowest BCUT2D eigenvalue weighted by Gasteiger charge is -2.28. The predicted octanol–water partition coefficient (Wildman–Crippen LogP) is 2.97. The Morgan fingerprint density at radius 2 is 2.17 bits per heavy atom. The molecular formula is C15H24O3. The standard InChI is InChI=1S/C10H18O2.C5H6O/c1-5-10(4)7-6-8(12-10)9(2,3)11;1-2-4-6-5-3-1/h5,8,11H,1,6-7H2,2-4H3;1-4H,5H2/t8-,10-;/m1./s1. The minimum absolute atomic E-state index is 0.0551. The van der Waals surface area contributed by atoms with E-state index in [0.717, 1.165) is 19.4 Å². The van der Waals surface area contributed by atoms with Gasteiger partial charge in [0.05, 0.1) is 23.6 Å². The second-order valence-electron chi connectivity index (χ2n) is 5.41. The van der Waals surface area contributed by atoms with E-state index >= 15 is 0 Å². The van der Waals surface area contributed by atoms with E-state index < -0.39 is 5.60 Å². The number of ether oxygens (including phenoxy) is 2. The molecule has 0 aromatic heterocycles. The van der Waals surface area contributed by atoms with Crippen LogP contribution in [0, 0.1) is 0 Å². The van der Waals surface area contributed by atoms with Gasteiger partial charge in [-0.15, -0.1) is 6.58 Å². The van der Waals surface area contributed by atoms with Crippen molar-refractivity contribution in [2.45, 2.75) is 50.9 Å². The van der Waals surface area contributed by atoms with Gasteiger partial charge >= 0.3 is 0 Å². The van der Waals surface area contributed by atoms with Gasteiger partial charge in [-0.2, -0.15) is 0 Å². The molecule has 2 aliphatic rings. The second-order valence-corrected chi connectivity index (χ2v) is 5.41. The minimum atomic E-state index is -0.735. The van der Waals surface area contributed by atoms with Gasteiger partial charge in [-0.25, -0.2) is 0 Å². The molecule has 2 rings (SSSR count). The molecule has 0 amide bonds. The summed E-state index contributed by atoms with van der Waals surface area (Å²) in [7, 11) is 0. The normalized spacial score (nSPS) is 30.3. The van der Waals surface area contributed by atoms with Crippen molar-refractivity contribution in [3.63, 3.8) is 0 Å². The Bertz CT molecular complexity index is 313. The topological polar surface area (TPSA) is 38.7 Å². The Hall–Kier alpha value is -1.06. The van der Waals surface area contributed by atoms with Gasteiger partial charge in [-0.05, 0) is 45.8 Å². The Labute approximate surface area is 110 Å². The summed E-state index contributed by atoms with van der Waals surface area (Å²) < 4.78 is 10.5. The molecular weight excluding hydrogens is 228 g/mol. The Kier molecular flexibility index (Phi) is 5.17. The van der Waals surface area contributed by atoms with Crippen LogP contribution in [0.5, 0.6) is 0 Å². The second kappa shape index (κ2) is 6.21. The smallest absolute Gasteiger partial charge is 0.106 e.